The van der Waals surface area contributed by atoms with Crippen LogP contribution in [-0.2, 0) is 29.3 Å². The number of fused-ring (bicyclic) bond motifs is 1. The van der Waals surface area contributed by atoms with Gasteiger partial charge in [-0.05, 0) is 41.5 Å². The van der Waals surface area contributed by atoms with Gasteiger partial charge in [-0.2, -0.15) is 5.26 Å². The first kappa shape index (κ1) is 27.4. The van der Waals surface area contributed by atoms with Crippen LogP contribution in [0.5, 0.6) is 5.75 Å². The Balaban J connectivity index is 1.02. The molecule has 11 heteroatoms. The molecule has 214 valence electrons. The monoisotopic (exact) mass is 568 g/mol. The van der Waals surface area contributed by atoms with E-state index in [4.69, 9.17) is 10.00 Å². The Morgan fingerprint density at radius 1 is 0.976 bits per heavy atom. The second-order valence-electron chi connectivity index (χ2n) is 10.6. The van der Waals surface area contributed by atoms with Gasteiger partial charge < -0.3 is 14.5 Å². The van der Waals surface area contributed by atoms with Crippen molar-refractivity contribution in [3.05, 3.63) is 94.3 Å². The number of hydrogen-bond acceptors (Lipinski definition) is 8. The highest BCUT2D eigenvalue weighted by Gasteiger charge is 2.40. The molecule has 2 saturated heterocycles. The highest BCUT2D eigenvalue weighted by atomic mass is 19.1. The molecule has 3 aromatic carbocycles. The lowest BCUT2D eigenvalue weighted by Crippen LogP contribution is -2.62. The molecular weight excluding hydrogens is 539 g/mol. The van der Waals surface area contributed by atoms with Gasteiger partial charge in [0.15, 0.2) is 6.17 Å². The van der Waals surface area contributed by atoms with E-state index in [1.165, 1.54) is 11.0 Å². The number of hydrogen-bond donors (Lipinski definition) is 2. The Morgan fingerprint density at radius 3 is 2.45 bits per heavy atom. The molecule has 0 unspecified atom stereocenters. The number of anilines is 1. The van der Waals surface area contributed by atoms with Crippen molar-refractivity contribution in [2.24, 2.45) is 0 Å². The lowest BCUT2D eigenvalue weighted by Gasteiger charge is -2.36. The zero-order valence-corrected chi connectivity index (χ0v) is 22.8. The van der Waals surface area contributed by atoms with Crippen molar-refractivity contribution in [2.45, 2.75) is 25.9 Å². The summed E-state index contributed by atoms with van der Waals surface area (Å²) in [5.74, 6) is -1.04. The number of nitrogens with one attached hydrogen (secondary N) is 2. The first-order chi connectivity index (χ1) is 20.4. The predicted molar refractivity (Wildman–Crippen MR) is 151 cm³/mol. The maximum absolute atomic E-state index is 14.4. The van der Waals surface area contributed by atoms with Gasteiger partial charge in [-0.3, -0.25) is 29.9 Å². The maximum atomic E-state index is 14.4. The molecule has 0 aromatic heterocycles. The number of halogens is 1. The van der Waals surface area contributed by atoms with Gasteiger partial charge in [0.05, 0.1) is 30.4 Å². The van der Waals surface area contributed by atoms with Crippen molar-refractivity contribution in [2.75, 3.05) is 37.6 Å². The zero-order chi connectivity index (χ0) is 29.2. The molecule has 0 aliphatic carbocycles. The summed E-state index contributed by atoms with van der Waals surface area (Å²) in [4.78, 5) is 42.5. The Hall–Kier alpha value is -4.79. The quantitative estimate of drug-likeness (QED) is 0.417. The number of nitriles is 1. The van der Waals surface area contributed by atoms with E-state index in [-0.39, 0.29) is 24.8 Å². The molecule has 3 aromatic rings. The topological polar surface area (TPSA) is 118 Å². The van der Waals surface area contributed by atoms with Gasteiger partial charge in [-0.1, -0.05) is 30.3 Å². The van der Waals surface area contributed by atoms with Crippen LogP contribution < -0.4 is 20.3 Å². The predicted octanol–water partition coefficient (Wildman–Crippen LogP) is 2.13. The van der Waals surface area contributed by atoms with Crippen LogP contribution in [0.25, 0.3) is 0 Å². The Kier molecular flexibility index (Phi) is 7.56. The third-order valence-electron chi connectivity index (χ3n) is 7.84. The Morgan fingerprint density at radius 2 is 1.74 bits per heavy atom. The minimum absolute atomic E-state index is 0.0370. The van der Waals surface area contributed by atoms with Crippen LogP contribution in [0.2, 0.25) is 0 Å². The summed E-state index contributed by atoms with van der Waals surface area (Å²) >= 11 is 0. The van der Waals surface area contributed by atoms with E-state index in [9.17, 15) is 18.8 Å². The molecule has 3 aliphatic rings. The molecule has 6 rings (SSSR count). The number of carbonyl (C=O) groups is 3. The van der Waals surface area contributed by atoms with Gasteiger partial charge in [0.1, 0.15) is 18.2 Å². The number of benzene rings is 3. The van der Waals surface area contributed by atoms with Gasteiger partial charge in [-0.25, -0.2) is 4.39 Å². The van der Waals surface area contributed by atoms with Crippen LogP contribution in [0, 0.1) is 17.1 Å². The van der Waals surface area contributed by atoms with Crippen LogP contribution in [0.4, 0.5) is 10.1 Å². The number of piperazine rings is 2. The van der Waals surface area contributed by atoms with Gasteiger partial charge in [0, 0.05) is 43.9 Å². The molecule has 0 radical (unpaired) electrons. The van der Waals surface area contributed by atoms with Crippen molar-refractivity contribution in [3.63, 3.8) is 0 Å². The molecule has 3 aliphatic heterocycles. The molecule has 3 heterocycles. The van der Waals surface area contributed by atoms with E-state index in [1.54, 1.807) is 24.3 Å². The summed E-state index contributed by atoms with van der Waals surface area (Å²) in [7, 11) is 0. The number of imide groups is 1. The molecule has 42 heavy (non-hydrogen) atoms. The standard InChI is InChI=1S/C31H29FN6O4/c32-25-14-22(15-33)8-9-26(25)37-12-10-36(11-13-37)17-20-4-6-21(7-5-20)19-42-27-3-1-2-23-24(27)18-38(31(23)41)29-30(40)35-28(39)16-34-29/h1-9,14,29,34H,10-13,16-19H2,(H,35,39,40)/t29-/m0/s1. The number of rotatable bonds is 7. The van der Waals surface area contributed by atoms with Crippen LogP contribution in [0.15, 0.2) is 60.7 Å². The highest BCUT2D eigenvalue weighted by Crippen LogP contribution is 2.32. The lowest BCUT2D eigenvalue weighted by atomic mass is 10.1. The van der Waals surface area contributed by atoms with E-state index in [2.05, 4.69) is 27.7 Å². The fourth-order valence-corrected chi connectivity index (χ4v) is 5.59. The Bertz CT molecular complexity index is 1580. The second-order valence-corrected chi connectivity index (χ2v) is 10.6. The van der Waals surface area contributed by atoms with E-state index in [1.807, 2.05) is 29.2 Å². The van der Waals surface area contributed by atoms with Crippen molar-refractivity contribution in [1.82, 2.24) is 20.4 Å². The number of amides is 3. The third-order valence-corrected chi connectivity index (χ3v) is 7.84. The smallest absolute Gasteiger partial charge is 0.264 e. The molecule has 2 fully saturated rings. The average Bonchev–Trinajstić information content (AvgIpc) is 3.33. The highest BCUT2D eigenvalue weighted by molar-refractivity contribution is 6.05. The largest absolute Gasteiger partial charge is 0.489 e. The average molecular weight is 569 g/mol. The molecule has 10 nitrogen and oxygen atoms in total. The van der Waals surface area contributed by atoms with Crippen LogP contribution in [0.3, 0.4) is 0 Å². The van der Waals surface area contributed by atoms with Gasteiger partial charge >= 0.3 is 0 Å². The fourth-order valence-electron chi connectivity index (χ4n) is 5.59. The summed E-state index contributed by atoms with van der Waals surface area (Å²) in [6.45, 7) is 4.27. The molecule has 3 amide bonds. The summed E-state index contributed by atoms with van der Waals surface area (Å²) < 4.78 is 20.5. The number of nitrogens with zero attached hydrogens (tertiary/aromatic N) is 4. The minimum atomic E-state index is -0.914. The van der Waals surface area contributed by atoms with E-state index in [0.29, 0.717) is 47.8 Å². The number of carbonyl (C=O) groups excluding carboxylic acids is 3. The fraction of sp³-hybridized carbons (Fsp3) is 0.290. The summed E-state index contributed by atoms with van der Waals surface area (Å²) in [6, 6.07) is 20.0. The summed E-state index contributed by atoms with van der Waals surface area (Å²) in [6.07, 6.45) is -0.914. The summed E-state index contributed by atoms with van der Waals surface area (Å²) in [5.41, 5.74) is 4.19. The van der Waals surface area contributed by atoms with Crippen molar-refractivity contribution in [1.29, 1.82) is 5.26 Å². The minimum Gasteiger partial charge on any atom is -0.489 e. The molecule has 2 N–H and O–H groups in total. The van der Waals surface area contributed by atoms with Crippen LogP contribution in [-0.4, -0.2) is 66.4 Å². The zero-order valence-electron chi connectivity index (χ0n) is 22.8. The van der Waals surface area contributed by atoms with Crippen molar-refractivity contribution >= 4 is 23.4 Å². The van der Waals surface area contributed by atoms with Crippen molar-refractivity contribution in [3.8, 4) is 11.8 Å². The van der Waals surface area contributed by atoms with Gasteiger partial charge in [0.25, 0.3) is 11.8 Å². The van der Waals surface area contributed by atoms with Crippen LogP contribution >= 0.6 is 0 Å². The van der Waals surface area contributed by atoms with Gasteiger partial charge in [-0.15, -0.1) is 0 Å². The molecule has 0 spiro atoms. The van der Waals surface area contributed by atoms with Crippen LogP contribution in [0.1, 0.15) is 32.6 Å². The molecule has 1 atom stereocenters. The second kappa shape index (κ2) is 11.6. The SMILES string of the molecule is N#Cc1ccc(N2CCN(Cc3ccc(COc4cccc5c4CN([C@@H]4NCC(=O)NC4=O)C5=O)cc3)CC2)c(F)c1. The normalized spacial score (nSPS) is 19.0. The summed E-state index contributed by atoms with van der Waals surface area (Å²) in [5, 5.41) is 14.1. The lowest BCUT2D eigenvalue weighted by molar-refractivity contribution is -0.137. The molecule has 0 saturated carbocycles. The van der Waals surface area contributed by atoms with E-state index in [0.717, 1.165) is 30.8 Å². The molecule has 0 bridgehead atoms. The van der Waals surface area contributed by atoms with E-state index >= 15 is 0 Å². The maximum Gasteiger partial charge on any atom is 0.264 e. The first-order valence-corrected chi connectivity index (χ1v) is 13.8. The Labute approximate surface area is 242 Å². The third kappa shape index (κ3) is 5.54. The number of ether oxygens (including phenoxy) is 1. The first-order valence-electron chi connectivity index (χ1n) is 13.8. The molecular formula is C31H29FN6O4. The van der Waals surface area contributed by atoms with Gasteiger partial charge in [0.2, 0.25) is 5.91 Å². The van der Waals surface area contributed by atoms with E-state index < -0.39 is 18.0 Å². The van der Waals surface area contributed by atoms with Crippen molar-refractivity contribution < 1.29 is 23.5 Å².